The summed E-state index contributed by atoms with van der Waals surface area (Å²) in [5, 5.41) is 4.67. The van der Waals surface area contributed by atoms with Gasteiger partial charge in [-0.15, -0.1) is 0 Å². The van der Waals surface area contributed by atoms with Crippen molar-refractivity contribution < 1.29 is 0 Å². The molecule has 2 rings (SSSR count). The van der Waals surface area contributed by atoms with Gasteiger partial charge in [0.15, 0.2) is 5.17 Å². The minimum atomic E-state index is 0.514. The van der Waals surface area contributed by atoms with Crippen molar-refractivity contribution in [1.82, 2.24) is 5.32 Å². The molecule has 68 valence electrons. The Bertz CT molecular complexity index is 211. The number of hydrogen-bond acceptors (Lipinski definition) is 3. The van der Waals surface area contributed by atoms with Crippen molar-refractivity contribution in [2.45, 2.75) is 32.7 Å². The minimum absolute atomic E-state index is 0.514. The zero-order valence-electron chi connectivity index (χ0n) is 7.76. The van der Waals surface area contributed by atoms with Gasteiger partial charge in [0.05, 0.1) is 0 Å². The van der Waals surface area contributed by atoms with Gasteiger partial charge in [-0.3, -0.25) is 4.99 Å². The van der Waals surface area contributed by atoms with Gasteiger partial charge < -0.3 is 5.32 Å². The van der Waals surface area contributed by atoms with Crippen molar-refractivity contribution in [3.8, 4) is 0 Å². The van der Waals surface area contributed by atoms with E-state index in [0.717, 1.165) is 6.54 Å². The fourth-order valence-corrected chi connectivity index (χ4v) is 2.28. The van der Waals surface area contributed by atoms with Gasteiger partial charge in [-0.25, -0.2) is 0 Å². The number of thioether (sulfide) groups is 1. The molecule has 0 amide bonds. The van der Waals surface area contributed by atoms with Crippen LogP contribution >= 0.6 is 11.8 Å². The molecule has 1 N–H and O–H groups in total. The quantitative estimate of drug-likeness (QED) is 0.673. The SMILES string of the molecule is CC1(C)CC1NC1=NCCCS1. The van der Waals surface area contributed by atoms with Crippen LogP contribution in [0.4, 0.5) is 0 Å². The fourth-order valence-electron chi connectivity index (χ4n) is 1.41. The third-order valence-electron chi connectivity index (χ3n) is 2.61. The van der Waals surface area contributed by atoms with Gasteiger partial charge in [-0.2, -0.15) is 0 Å². The summed E-state index contributed by atoms with van der Waals surface area (Å²) in [7, 11) is 0. The lowest BCUT2D eigenvalue weighted by Crippen LogP contribution is -2.28. The molecule has 1 fully saturated rings. The van der Waals surface area contributed by atoms with E-state index in [1.54, 1.807) is 0 Å². The van der Waals surface area contributed by atoms with Crippen molar-refractivity contribution in [1.29, 1.82) is 0 Å². The lowest BCUT2D eigenvalue weighted by atomic mass is 10.2. The van der Waals surface area contributed by atoms with E-state index in [4.69, 9.17) is 0 Å². The summed E-state index contributed by atoms with van der Waals surface area (Å²) in [4.78, 5) is 4.44. The molecule has 0 saturated heterocycles. The Morgan fingerprint density at radius 1 is 1.58 bits per heavy atom. The van der Waals surface area contributed by atoms with Crippen molar-refractivity contribution in [3.63, 3.8) is 0 Å². The fraction of sp³-hybridized carbons (Fsp3) is 0.889. The second kappa shape index (κ2) is 2.95. The van der Waals surface area contributed by atoms with Crippen LogP contribution in [0.1, 0.15) is 26.7 Å². The molecule has 12 heavy (non-hydrogen) atoms. The molecule has 0 aromatic carbocycles. The second-order valence-corrected chi connectivity index (χ2v) is 5.36. The Kier molecular flexibility index (Phi) is 2.07. The highest BCUT2D eigenvalue weighted by molar-refractivity contribution is 8.13. The smallest absolute Gasteiger partial charge is 0.156 e. The minimum Gasteiger partial charge on any atom is -0.362 e. The number of rotatable bonds is 1. The van der Waals surface area contributed by atoms with Gasteiger partial charge in [-0.1, -0.05) is 25.6 Å². The Morgan fingerprint density at radius 3 is 2.83 bits per heavy atom. The number of nitrogens with zero attached hydrogens (tertiary/aromatic N) is 1. The van der Waals surface area contributed by atoms with E-state index in [9.17, 15) is 0 Å². The van der Waals surface area contributed by atoms with Crippen LogP contribution in [0.2, 0.25) is 0 Å². The van der Waals surface area contributed by atoms with E-state index < -0.39 is 0 Å². The predicted octanol–water partition coefficient (Wildman–Crippen LogP) is 1.87. The van der Waals surface area contributed by atoms with Crippen molar-refractivity contribution in [2.75, 3.05) is 12.3 Å². The maximum absolute atomic E-state index is 4.44. The summed E-state index contributed by atoms with van der Waals surface area (Å²) in [6.45, 7) is 5.62. The molecule has 1 aliphatic heterocycles. The van der Waals surface area contributed by atoms with Gasteiger partial charge >= 0.3 is 0 Å². The molecular weight excluding hydrogens is 168 g/mol. The Hall–Kier alpha value is -0.180. The molecule has 0 aromatic heterocycles. The molecule has 1 aliphatic carbocycles. The molecule has 1 saturated carbocycles. The number of amidine groups is 1. The van der Waals surface area contributed by atoms with Crippen LogP contribution < -0.4 is 5.32 Å². The van der Waals surface area contributed by atoms with E-state index in [0.29, 0.717) is 11.5 Å². The number of aliphatic imine (C=N–C) groups is 1. The first kappa shape index (κ1) is 8.42. The highest BCUT2D eigenvalue weighted by atomic mass is 32.2. The van der Waals surface area contributed by atoms with E-state index in [2.05, 4.69) is 24.2 Å². The monoisotopic (exact) mass is 184 g/mol. The van der Waals surface area contributed by atoms with E-state index in [-0.39, 0.29) is 0 Å². The highest BCUT2D eigenvalue weighted by Crippen LogP contribution is 2.44. The summed E-state index contributed by atoms with van der Waals surface area (Å²) in [6.07, 6.45) is 2.54. The molecule has 0 bridgehead atoms. The van der Waals surface area contributed by atoms with E-state index in [1.165, 1.54) is 23.8 Å². The summed E-state index contributed by atoms with van der Waals surface area (Å²) in [5.74, 6) is 1.24. The normalized spacial score (nSPS) is 32.5. The molecule has 3 heteroatoms. The maximum Gasteiger partial charge on any atom is 0.156 e. The molecular formula is C9H16N2S. The maximum atomic E-state index is 4.44. The topological polar surface area (TPSA) is 24.4 Å². The third kappa shape index (κ3) is 1.76. The highest BCUT2D eigenvalue weighted by Gasteiger charge is 2.46. The Morgan fingerprint density at radius 2 is 2.33 bits per heavy atom. The average molecular weight is 184 g/mol. The Balaban J connectivity index is 1.84. The standard InChI is InChI=1S/C9H16N2S/c1-9(2)6-7(9)11-8-10-4-3-5-12-8/h7H,3-6H2,1-2H3,(H,10,11). The zero-order chi connectivity index (χ0) is 8.60. The van der Waals surface area contributed by atoms with E-state index >= 15 is 0 Å². The van der Waals surface area contributed by atoms with Crippen LogP contribution in [0, 0.1) is 5.41 Å². The van der Waals surface area contributed by atoms with Crippen LogP contribution in [-0.4, -0.2) is 23.5 Å². The van der Waals surface area contributed by atoms with E-state index in [1.807, 2.05) is 11.8 Å². The second-order valence-electron chi connectivity index (χ2n) is 4.28. The van der Waals surface area contributed by atoms with Crippen LogP contribution in [0.5, 0.6) is 0 Å². The van der Waals surface area contributed by atoms with Gasteiger partial charge in [0.25, 0.3) is 0 Å². The van der Waals surface area contributed by atoms with Gasteiger partial charge in [0.2, 0.25) is 0 Å². The first-order valence-electron chi connectivity index (χ1n) is 4.62. The van der Waals surface area contributed by atoms with Crippen LogP contribution in [-0.2, 0) is 0 Å². The lowest BCUT2D eigenvalue weighted by Gasteiger charge is -2.14. The lowest BCUT2D eigenvalue weighted by molar-refractivity contribution is 0.596. The summed E-state index contributed by atoms with van der Waals surface area (Å²) in [6, 6.07) is 0.682. The van der Waals surface area contributed by atoms with Crippen LogP contribution in [0.25, 0.3) is 0 Å². The van der Waals surface area contributed by atoms with Crippen molar-refractivity contribution in [3.05, 3.63) is 0 Å². The van der Waals surface area contributed by atoms with Crippen molar-refractivity contribution >= 4 is 16.9 Å². The van der Waals surface area contributed by atoms with Crippen LogP contribution in [0.3, 0.4) is 0 Å². The Labute approximate surface area is 78.2 Å². The molecule has 1 unspecified atom stereocenters. The number of hydrogen-bond donors (Lipinski definition) is 1. The molecule has 0 spiro atoms. The van der Waals surface area contributed by atoms with Gasteiger partial charge in [0.1, 0.15) is 0 Å². The predicted molar refractivity (Wildman–Crippen MR) is 54.7 cm³/mol. The molecule has 2 nitrogen and oxygen atoms in total. The molecule has 1 atom stereocenters. The third-order valence-corrected chi connectivity index (χ3v) is 3.62. The molecule has 0 aromatic rings. The number of nitrogens with one attached hydrogen (secondary N) is 1. The molecule has 2 aliphatic rings. The van der Waals surface area contributed by atoms with Gasteiger partial charge in [0, 0.05) is 18.3 Å². The van der Waals surface area contributed by atoms with Gasteiger partial charge in [-0.05, 0) is 18.3 Å². The average Bonchev–Trinajstić information content (AvgIpc) is 2.61. The summed E-state index contributed by atoms with van der Waals surface area (Å²) < 4.78 is 0. The summed E-state index contributed by atoms with van der Waals surface area (Å²) in [5.41, 5.74) is 0.514. The first-order valence-corrected chi connectivity index (χ1v) is 5.61. The molecule has 1 heterocycles. The molecule has 0 radical (unpaired) electrons. The largest absolute Gasteiger partial charge is 0.362 e. The van der Waals surface area contributed by atoms with Crippen molar-refractivity contribution in [2.24, 2.45) is 10.4 Å². The zero-order valence-corrected chi connectivity index (χ0v) is 8.58. The van der Waals surface area contributed by atoms with Crippen LogP contribution in [0.15, 0.2) is 4.99 Å². The first-order chi connectivity index (χ1) is 5.68. The summed E-state index contributed by atoms with van der Waals surface area (Å²) >= 11 is 1.87.